The zero-order valence-electron chi connectivity index (χ0n) is 23.7. The molecule has 0 saturated carbocycles. The number of nitro benzene ring substituents is 1. The first-order chi connectivity index (χ1) is 20.5. The number of allylic oxidation sites excluding steroid dienone is 1. The highest BCUT2D eigenvalue weighted by molar-refractivity contribution is 5.93. The highest BCUT2D eigenvalue weighted by Gasteiger charge is 2.56. The molecule has 3 atom stereocenters. The van der Waals surface area contributed by atoms with Crippen molar-refractivity contribution >= 4 is 29.7 Å². The summed E-state index contributed by atoms with van der Waals surface area (Å²) >= 11 is 0. The summed E-state index contributed by atoms with van der Waals surface area (Å²) in [7, 11) is 0. The van der Waals surface area contributed by atoms with Gasteiger partial charge in [-0.1, -0.05) is 36.4 Å². The number of benzene rings is 2. The van der Waals surface area contributed by atoms with Crippen LogP contribution >= 0.6 is 0 Å². The van der Waals surface area contributed by atoms with Crippen LogP contribution in [0.1, 0.15) is 49.3 Å². The second-order valence-corrected chi connectivity index (χ2v) is 10.4. The Morgan fingerprint density at radius 3 is 2.56 bits per heavy atom. The van der Waals surface area contributed by atoms with Gasteiger partial charge in [-0.3, -0.25) is 14.9 Å². The number of hydrogen-bond donors (Lipinski definition) is 3. The van der Waals surface area contributed by atoms with Gasteiger partial charge in [0.2, 0.25) is 0 Å². The fourth-order valence-electron chi connectivity index (χ4n) is 5.67. The maximum atomic E-state index is 13.0. The summed E-state index contributed by atoms with van der Waals surface area (Å²) in [6, 6.07) is 12.2. The predicted molar refractivity (Wildman–Crippen MR) is 156 cm³/mol. The number of carbonyl (C=O) groups is 3. The lowest BCUT2D eigenvalue weighted by Gasteiger charge is -2.47. The Kier molecular flexibility index (Phi) is 9.39. The van der Waals surface area contributed by atoms with Crippen LogP contribution in [0.3, 0.4) is 0 Å². The summed E-state index contributed by atoms with van der Waals surface area (Å²) in [6.07, 6.45) is 8.23. The van der Waals surface area contributed by atoms with E-state index in [2.05, 4.69) is 10.3 Å². The van der Waals surface area contributed by atoms with Crippen LogP contribution in [0.4, 0.5) is 5.69 Å². The van der Waals surface area contributed by atoms with Gasteiger partial charge in [0.05, 0.1) is 28.8 Å². The number of carboxylic acids is 2. The lowest BCUT2D eigenvalue weighted by molar-refractivity contribution is -0.384. The van der Waals surface area contributed by atoms with Crippen LogP contribution in [-0.4, -0.2) is 55.2 Å². The van der Waals surface area contributed by atoms with Crippen LogP contribution in [0.15, 0.2) is 84.6 Å². The highest BCUT2D eigenvalue weighted by Crippen LogP contribution is 2.51. The highest BCUT2D eigenvalue weighted by atomic mass is 16.6. The molecule has 3 unspecified atom stereocenters. The Hall–Kier alpha value is -5.26. The molecule has 3 N–H and O–H groups in total. The van der Waals surface area contributed by atoms with E-state index in [4.69, 9.17) is 4.74 Å². The third-order valence-corrected chi connectivity index (χ3v) is 7.75. The number of nitrogens with zero attached hydrogens (tertiary/aromatic N) is 3. The lowest BCUT2D eigenvalue weighted by atomic mass is 9.60. The minimum absolute atomic E-state index is 0.0662. The molecule has 43 heavy (non-hydrogen) atoms. The van der Waals surface area contributed by atoms with E-state index in [0.717, 1.165) is 11.1 Å². The van der Waals surface area contributed by atoms with Crippen molar-refractivity contribution in [2.75, 3.05) is 6.61 Å². The molecule has 0 amide bonds. The van der Waals surface area contributed by atoms with Crippen molar-refractivity contribution < 1.29 is 34.3 Å². The summed E-state index contributed by atoms with van der Waals surface area (Å²) in [5.41, 5.74) is 0.175. The van der Waals surface area contributed by atoms with Gasteiger partial charge in [0.25, 0.3) is 5.69 Å². The van der Waals surface area contributed by atoms with E-state index >= 15 is 0 Å². The molecule has 0 aliphatic carbocycles. The van der Waals surface area contributed by atoms with Gasteiger partial charge in [-0.15, -0.1) is 0 Å². The molecule has 4 rings (SSSR count). The van der Waals surface area contributed by atoms with Gasteiger partial charge in [0, 0.05) is 54.8 Å². The number of nitrogens with one attached hydrogen (secondary N) is 1. The Labute approximate surface area is 247 Å². The average molecular weight is 589 g/mol. The van der Waals surface area contributed by atoms with E-state index < -0.39 is 40.2 Å². The van der Waals surface area contributed by atoms with Crippen LogP contribution in [0.2, 0.25) is 0 Å². The largest absolute Gasteiger partial charge is 0.481 e. The van der Waals surface area contributed by atoms with Crippen molar-refractivity contribution in [2.24, 2.45) is 5.41 Å². The summed E-state index contributed by atoms with van der Waals surface area (Å²) in [5, 5.41) is 35.1. The number of carbonyl (C=O) groups excluding carboxylic acids is 1. The number of aliphatic carboxylic acids is 2. The van der Waals surface area contributed by atoms with Crippen LogP contribution in [0, 0.1) is 15.5 Å². The summed E-state index contributed by atoms with van der Waals surface area (Å²) < 4.78 is 7.27. The zero-order valence-corrected chi connectivity index (χ0v) is 23.7. The van der Waals surface area contributed by atoms with Crippen LogP contribution in [0.5, 0.6) is 0 Å². The maximum absolute atomic E-state index is 13.0. The Morgan fingerprint density at radius 1 is 1.19 bits per heavy atom. The molecule has 0 spiro atoms. The summed E-state index contributed by atoms with van der Waals surface area (Å²) in [5.74, 6) is -4.41. The number of hydrogen-bond acceptors (Lipinski definition) is 8. The number of rotatable bonds is 12. The molecule has 0 radical (unpaired) electrons. The zero-order chi connectivity index (χ0) is 31.1. The number of aromatic nitrogens is 2. The van der Waals surface area contributed by atoms with E-state index in [1.807, 2.05) is 35.0 Å². The van der Waals surface area contributed by atoms with Crippen molar-refractivity contribution in [1.29, 1.82) is 0 Å². The van der Waals surface area contributed by atoms with E-state index in [0.29, 0.717) is 6.54 Å². The van der Waals surface area contributed by atoms with Gasteiger partial charge in [0.15, 0.2) is 0 Å². The molecule has 224 valence electrons. The molecule has 2 heterocycles. The molecule has 12 heteroatoms. The third kappa shape index (κ3) is 6.80. The first-order valence-electron chi connectivity index (χ1n) is 13.6. The first-order valence-corrected chi connectivity index (χ1v) is 13.6. The predicted octanol–water partition coefficient (Wildman–Crippen LogP) is 4.38. The van der Waals surface area contributed by atoms with Crippen LogP contribution in [-0.2, 0) is 25.7 Å². The van der Waals surface area contributed by atoms with E-state index in [9.17, 15) is 34.7 Å². The Balaban J connectivity index is 1.47. The minimum Gasteiger partial charge on any atom is -0.481 e. The van der Waals surface area contributed by atoms with Gasteiger partial charge in [-0.2, -0.15) is 0 Å². The van der Waals surface area contributed by atoms with Gasteiger partial charge >= 0.3 is 17.9 Å². The van der Waals surface area contributed by atoms with Crippen molar-refractivity contribution in [2.45, 2.75) is 45.2 Å². The molecule has 0 fully saturated rings. The first kappa shape index (κ1) is 30.7. The average Bonchev–Trinajstić information content (AvgIpc) is 3.48. The Morgan fingerprint density at radius 2 is 1.93 bits per heavy atom. The maximum Gasteiger partial charge on any atom is 0.333 e. The molecule has 0 bridgehead atoms. The van der Waals surface area contributed by atoms with Crippen LogP contribution < -0.4 is 5.32 Å². The van der Waals surface area contributed by atoms with Crippen molar-refractivity contribution in [1.82, 2.24) is 14.9 Å². The molecule has 1 aliphatic rings. The number of imidazole rings is 1. The number of non-ortho nitro benzene ring substituents is 1. The fourth-order valence-corrected chi connectivity index (χ4v) is 5.67. The Bertz CT molecular complexity index is 1560. The van der Waals surface area contributed by atoms with E-state index in [1.54, 1.807) is 25.5 Å². The molecule has 0 saturated heterocycles. The normalized spacial score (nSPS) is 20.0. The van der Waals surface area contributed by atoms with Gasteiger partial charge in [0.1, 0.15) is 0 Å². The van der Waals surface area contributed by atoms with Crippen molar-refractivity contribution in [3.8, 4) is 0 Å². The van der Waals surface area contributed by atoms with Crippen molar-refractivity contribution in [3.05, 3.63) is 111 Å². The standard InChI is InChI=1S/C31H32N4O8/c1-20-27(29(37)38)28(24-5-3-6-25(17-24)35(41)42)31(30(39)40,21(2)33-20)13-4-16-43-26(36)12-11-22-7-9-23(10-8-22)18-34-15-14-32-19-34/h3,5-12,14-15,17,19,21,28,33H,4,13,16,18H2,1-2H3,(H,37,38)(H,39,40)/b12-11+. The monoisotopic (exact) mass is 588 g/mol. The SMILES string of the molecule is CC1=C(C(=O)O)C(c2cccc([N+](=O)[O-])c2)C(CCCOC(=O)/C=C/c2ccc(Cn3ccnc3)cc2)(C(=O)O)C(C)N1. The number of ether oxygens (including phenoxy) is 1. The quantitative estimate of drug-likeness (QED) is 0.0905. The minimum atomic E-state index is -1.71. The summed E-state index contributed by atoms with van der Waals surface area (Å²) in [6.45, 7) is 3.73. The molecular formula is C31H32N4O8. The number of nitro groups is 1. The number of carboxylic acid groups (broad SMARTS) is 2. The fraction of sp³-hybridized carbons (Fsp3) is 0.290. The molecule has 3 aromatic rings. The molecular weight excluding hydrogens is 556 g/mol. The van der Waals surface area contributed by atoms with Gasteiger partial charge < -0.3 is 24.8 Å². The smallest absolute Gasteiger partial charge is 0.333 e. The van der Waals surface area contributed by atoms with Crippen LogP contribution in [0.25, 0.3) is 6.08 Å². The molecule has 1 aromatic heterocycles. The van der Waals surface area contributed by atoms with Crippen molar-refractivity contribution in [3.63, 3.8) is 0 Å². The third-order valence-electron chi connectivity index (χ3n) is 7.75. The summed E-state index contributed by atoms with van der Waals surface area (Å²) in [4.78, 5) is 52.6. The number of esters is 1. The topological polar surface area (TPSA) is 174 Å². The molecule has 2 aromatic carbocycles. The van der Waals surface area contributed by atoms with Gasteiger partial charge in [-0.05, 0) is 49.5 Å². The molecule has 12 nitrogen and oxygen atoms in total. The van der Waals surface area contributed by atoms with E-state index in [1.165, 1.54) is 37.3 Å². The lowest BCUT2D eigenvalue weighted by Crippen LogP contribution is -2.56. The second kappa shape index (κ2) is 13.1. The second-order valence-electron chi connectivity index (χ2n) is 10.4. The van der Waals surface area contributed by atoms with Gasteiger partial charge in [-0.25, -0.2) is 14.6 Å². The van der Waals surface area contributed by atoms with E-state index in [-0.39, 0.29) is 42.0 Å². The molecule has 1 aliphatic heterocycles.